The maximum Gasteiger partial charge on any atom is 0.305 e. The number of carbonyl (C=O) groups is 1. The first-order valence-corrected chi connectivity index (χ1v) is 10.7. The Morgan fingerprint density at radius 2 is 1.93 bits per heavy atom. The van der Waals surface area contributed by atoms with E-state index in [1.807, 2.05) is 13.8 Å². The monoisotopic (exact) mass is 382 g/mol. The second kappa shape index (κ2) is 6.97. The Hall–Kier alpha value is -0.690. The molecule has 5 aliphatic rings. The predicted octanol–water partition coefficient (Wildman–Crippen LogP) is 4.11. The van der Waals surface area contributed by atoms with Crippen molar-refractivity contribution in [2.45, 2.75) is 102 Å². The summed E-state index contributed by atoms with van der Waals surface area (Å²) in [6, 6.07) is 0. The van der Waals surface area contributed by atoms with Crippen LogP contribution in [0.1, 0.15) is 79.1 Å². The summed E-state index contributed by atoms with van der Waals surface area (Å²) in [5.74, 6) is 0.0291. The minimum absolute atomic E-state index is 0.0855. The molecule has 1 aliphatic carbocycles. The Bertz CT molecular complexity index is 581. The van der Waals surface area contributed by atoms with Gasteiger partial charge < -0.3 is 14.2 Å². The molecule has 6 heteroatoms. The third-order valence-corrected chi connectivity index (χ3v) is 7.34. The van der Waals surface area contributed by atoms with Crippen LogP contribution in [-0.4, -0.2) is 35.9 Å². The van der Waals surface area contributed by atoms with Gasteiger partial charge in [0.05, 0.1) is 0 Å². The standard InChI is InChI=1S/C21H34O6/c1-5-6-7-8-17(22)23-13-19(3)16-10-9-14(2)15-11-12-20(4)25-18(24-19)21(15,16)27-26-20/h14-16,18H,5-13H2,1-4H3/t14-,15+,16+,18-,19?,20-,21-/m1/s1. The molecule has 0 aromatic rings. The first-order chi connectivity index (χ1) is 12.8. The highest BCUT2D eigenvalue weighted by Gasteiger charge is 2.74. The first-order valence-electron chi connectivity index (χ1n) is 10.7. The average Bonchev–Trinajstić information content (AvgIpc) is 2.72. The molecule has 5 fully saturated rings. The molecule has 0 amide bonds. The fourth-order valence-corrected chi connectivity index (χ4v) is 5.76. The van der Waals surface area contributed by atoms with Crippen molar-refractivity contribution in [1.82, 2.24) is 0 Å². The number of hydrogen-bond acceptors (Lipinski definition) is 6. The summed E-state index contributed by atoms with van der Waals surface area (Å²) in [5.41, 5.74) is -1.22. The van der Waals surface area contributed by atoms with Crippen molar-refractivity contribution in [3.63, 3.8) is 0 Å². The molecule has 5 rings (SSSR count). The summed E-state index contributed by atoms with van der Waals surface area (Å²) in [6.45, 7) is 8.62. The number of rotatable bonds is 6. The predicted molar refractivity (Wildman–Crippen MR) is 97.4 cm³/mol. The molecular formula is C21H34O6. The number of fused-ring (bicyclic) bond motifs is 2. The molecule has 2 bridgehead atoms. The van der Waals surface area contributed by atoms with E-state index in [1.54, 1.807) is 0 Å². The number of unbranched alkanes of at least 4 members (excludes halogenated alkanes) is 2. The summed E-state index contributed by atoms with van der Waals surface area (Å²) in [5, 5.41) is 0. The number of carbonyl (C=O) groups excluding carboxylic acids is 1. The van der Waals surface area contributed by atoms with E-state index >= 15 is 0 Å². The van der Waals surface area contributed by atoms with Crippen LogP contribution in [0.2, 0.25) is 0 Å². The lowest BCUT2D eigenvalue weighted by Gasteiger charge is -2.50. The van der Waals surface area contributed by atoms with Crippen LogP contribution in [0.4, 0.5) is 0 Å². The lowest BCUT2D eigenvalue weighted by molar-refractivity contribution is -0.541. The minimum atomic E-state index is -0.764. The molecule has 1 unspecified atom stereocenters. The molecule has 1 spiro atoms. The van der Waals surface area contributed by atoms with E-state index in [0.29, 0.717) is 18.3 Å². The highest BCUT2D eigenvalue weighted by Crippen LogP contribution is 2.63. The summed E-state index contributed by atoms with van der Waals surface area (Å²) in [7, 11) is 0. The van der Waals surface area contributed by atoms with Crippen molar-refractivity contribution in [3.8, 4) is 0 Å². The van der Waals surface area contributed by atoms with Crippen molar-refractivity contribution in [2.75, 3.05) is 6.61 Å². The lowest BCUT2D eigenvalue weighted by atomic mass is 9.60. The number of ether oxygens (including phenoxy) is 3. The summed E-state index contributed by atoms with van der Waals surface area (Å²) in [4.78, 5) is 24.1. The van der Waals surface area contributed by atoms with Gasteiger partial charge >= 0.3 is 5.97 Å². The van der Waals surface area contributed by atoms with Gasteiger partial charge in [-0.05, 0) is 51.4 Å². The lowest BCUT2D eigenvalue weighted by Crippen LogP contribution is -2.62. The first kappa shape index (κ1) is 19.6. The van der Waals surface area contributed by atoms with E-state index in [1.165, 1.54) is 0 Å². The van der Waals surface area contributed by atoms with Crippen LogP contribution in [0.25, 0.3) is 0 Å². The Kier molecular flexibility index (Phi) is 5.07. The molecule has 154 valence electrons. The average molecular weight is 382 g/mol. The third-order valence-electron chi connectivity index (χ3n) is 7.34. The van der Waals surface area contributed by atoms with E-state index in [2.05, 4.69) is 13.8 Å². The molecular weight excluding hydrogens is 348 g/mol. The molecule has 4 heterocycles. The maximum atomic E-state index is 12.2. The van der Waals surface area contributed by atoms with Crippen LogP contribution in [-0.2, 0) is 28.8 Å². The number of esters is 1. The van der Waals surface area contributed by atoms with Gasteiger partial charge in [-0.25, -0.2) is 9.78 Å². The van der Waals surface area contributed by atoms with Crippen LogP contribution in [0, 0.1) is 17.8 Å². The Balaban J connectivity index is 1.53. The zero-order chi connectivity index (χ0) is 19.3. The van der Waals surface area contributed by atoms with E-state index in [0.717, 1.165) is 44.9 Å². The highest BCUT2D eigenvalue weighted by molar-refractivity contribution is 5.69. The fourth-order valence-electron chi connectivity index (χ4n) is 5.76. The van der Waals surface area contributed by atoms with Gasteiger partial charge in [-0.1, -0.05) is 26.7 Å². The Morgan fingerprint density at radius 3 is 2.70 bits per heavy atom. The quantitative estimate of drug-likeness (QED) is 0.391. The van der Waals surface area contributed by atoms with Crippen LogP contribution in [0.15, 0.2) is 0 Å². The number of hydrogen-bond donors (Lipinski definition) is 0. The molecule has 0 radical (unpaired) electrons. The van der Waals surface area contributed by atoms with Crippen molar-refractivity contribution in [1.29, 1.82) is 0 Å². The molecule has 7 atom stereocenters. The summed E-state index contributed by atoms with van der Waals surface area (Å²) < 4.78 is 18.4. The second-order valence-corrected chi connectivity index (χ2v) is 9.40. The minimum Gasteiger partial charge on any atom is -0.463 e. The molecule has 4 saturated heterocycles. The fraction of sp³-hybridized carbons (Fsp3) is 0.952. The topological polar surface area (TPSA) is 63.2 Å². The van der Waals surface area contributed by atoms with Crippen LogP contribution in [0.3, 0.4) is 0 Å². The van der Waals surface area contributed by atoms with Crippen molar-refractivity contribution < 1.29 is 28.8 Å². The Morgan fingerprint density at radius 1 is 1.11 bits per heavy atom. The van der Waals surface area contributed by atoms with Gasteiger partial charge in [0.2, 0.25) is 5.79 Å². The SMILES string of the molecule is CCCCCC(=O)OCC1(C)O[C@@H]2O[C@@]3(C)CC[C@H]4[C@H](C)CC[C@@H]1[C@@]24OO3. The molecule has 0 aromatic heterocycles. The summed E-state index contributed by atoms with van der Waals surface area (Å²) in [6.07, 6.45) is 6.90. The third kappa shape index (κ3) is 3.13. The van der Waals surface area contributed by atoms with Gasteiger partial charge in [-0.3, -0.25) is 4.79 Å². The van der Waals surface area contributed by atoms with Gasteiger partial charge in [-0.2, -0.15) is 0 Å². The molecule has 0 aromatic carbocycles. The Labute approximate surface area is 162 Å². The molecule has 4 aliphatic heterocycles. The summed E-state index contributed by atoms with van der Waals surface area (Å²) >= 11 is 0. The van der Waals surface area contributed by atoms with Gasteiger partial charge in [0.15, 0.2) is 11.9 Å². The van der Waals surface area contributed by atoms with Crippen LogP contribution < -0.4 is 0 Å². The van der Waals surface area contributed by atoms with Crippen molar-refractivity contribution in [3.05, 3.63) is 0 Å². The van der Waals surface area contributed by atoms with E-state index in [9.17, 15) is 4.79 Å². The van der Waals surface area contributed by atoms with Gasteiger partial charge in [0, 0.05) is 18.8 Å². The second-order valence-electron chi connectivity index (χ2n) is 9.40. The molecule has 0 N–H and O–H groups in total. The maximum absolute atomic E-state index is 12.2. The smallest absolute Gasteiger partial charge is 0.305 e. The van der Waals surface area contributed by atoms with Gasteiger partial charge in [-0.15, -0.1) is 0 Å². The van der Waals surface area contributed by atoms with Crippen LogP contribution in [0.5, 0.6) is 0 Å². The highest BCUT2D eigenvalue weighted by atomic mass is 17.3. The molecule has 27 heavy (non-hydrogen) atoms. The van der Waals surface area contributed by atoms with Gasteiger partial charge in [0.1, 0.15) is 12.2 Å². The largest absolute Gasteiger partial charge is 0.463 e. The van der Waals surface area contributed by atoms with E-state index < -0.39 is 23.3 Å². The van der Waals surface area contributed by atoms with E-state index in [4.69, 9.17) is 24.0 Å². The normalized spacial score (nSPS) is 48.1. The zero-order valence-corrected chi connectivity index (χ0v) is 17.1. The molecule has 1 saturated carbocycles. The zero-order valence-electron chi connectivity index (χ0n) is 17.1. The van der Waals surface area contributed by atoms with Crippen LogP contribution >= 0.6 is 0 Å². The van der Waals surface area contributed by atoms with Gasteiger partial charge in [0.25, 0.3) is 0 Å². The molecule has 6 nitrogen and oxygen atoms in total. The van der Waals surface area contributed by atoms with E-state index in [-0.39, 0.29) is 18.5 Å². The van der Waals surface area contributed by atoms with Crippen molar-refractivity contribution in [2.24, 2.45) is 17.8 Å². The van der Waals surface area contributed by atoms with Crippen molar-refractivity contribution >= 4 is 5.97 Å².